The van der Waals surface area contributed by atoms with E-state index < -0.39 is 0 Å². The van der Waals surface area contributed by atoms with Crippen molar-refractivity contribution in [3.8, 4) is 0 Å². The van der Waals surface area contributed by atoms with Gasteiger partial charge in [0.1, 0.15) is 0 Å². The number of hydrogen-bond acceptors (Lipinski definition) is 4. The maximum absolute atomic E-state index is 11.7. The smallest absolute Gasteiger partial charge is 0.293 e. The highest BCUT2D eigenvalue weighted by molar-refractivity contribution is 5.99. The first-order chi connectivity index (χ1) is 10.8. The van der Waals surface area contributed by atoms with Crippen molar-refractivity contribution in [1.82, 2.24) is 9.88 Å². The third kappa shape index (κ3) is 4.05. The third-order valence-electron chi connectivity index (χ3n) is 3.39. The molecule has 2 heterocycles. The molecule has 1 aromatic carbocycles. The molecule has 116 valence electrons. The molecule has 0 bridgehead atoms. The Morgan fingerprint density at radius 3 is 2.64 bits per heavy atom. The van der Waals surface area contributed by atoms with Crippen LogP contribution in [-0.4, -0.2) is 30.0 Å². The molecule has 0 amide bonds. The highest BCUT2D eigenvalue weighted by Gasteiger charge is 2.19. The van der Waals surface area contributed by atoms with Crippen LogP contribution in [0.3, 0.4) is 0 Å². The number of ether oxygens (including phenoxy) is 1. The highest BCUT2D eigenvalue weighted by Crippen LogP contribution is 2.16. The molecule has 1 aliphatic rings. The van der Waals surface area contributed by atoms with Crippen molar-refractivity contribution in [3.63, 3.8) is 0 Å². The standard InChI is InChI=1S/C14H14N2O.C3H6O2/c17-14-9-15-8-13-12(14)6-7-16(13)10-11-4-2-1-3-5-11;1-2-5-3-4/h1-7,15H,8-10H2;3H,2H2,1H3. The average Bonchev–Trinajstić information content (AvgIpc) is 2.94. The van der Waals surface area contributed by atoms with Gasteiger partial charge in [-0.2, -0.15) is 0 Å². The van der Waals surface area contributed by atoms with Gasteiger partial charge in [-0.3, -0.25) is 9.59 Å². The van der Waals surface area contributed by atoms with E-state index in [1.165, 1.54) is 5.56 Å². The van der Waals surface area contributed by atoms with Gasteiger partial charge in [0, 0.05) is 30.5 Å². The summed E-state index contributed by atoms with van der Waals surface area (Å²) in [5.74, 6) is 0.193. The topological polar surface area (TPSA) is 60.3 Å². The lowest BCUT2D eigenvalue weighted by molar-refractivity contribution is -0.128. The van der Waals surface area contributed by atoms with Crippen molar-refractivity contribution in [1.29, 1.82) is 0 Å². The van der Waals surface area contributed by atoms with Gasteiger partial charge in [-0.25, -0.2) is 0 Å². The molecule has 0 spiro atoms. The summed E-state index contributed by atoms with van der Waals surface area (Å²) in [5.41, 5.74) is 3.23. The fraction of sp³-hybridized carbons (Fsp3) is 0.294. The highest BCUT2D eigenvalue weighted by atomic mass is 16.5. The molecule has 0 saturated carbocycles. The minimum absolute atomic E-state index is 0.193. The van der Waals surface area contributed by atoms with E-state index in [2.05, 4.69) is 26.8 Å². The van der Waals surface area contributed by atoms with E-state index in [0.29, 0.717) is 19.6 Å². The van der Waals surface area contributed by atoms with Crippen molar-refractivity contribution in [2.75, 3.05) is 13.2 Å². The second kappa shape index (κ2) is 8.14. The van der Waals surface area contributed by atoms with Crippen molar-refractivity contribution in [3.05, 3.63) is 59.4 Å². The van der Waals surface area contributed by atoms with Gasteiger partial charge in [0.2, 0.25) is 0 Å². The molecule has 0 aliphatic carbocycles. The lowest BCUT2D eigenvalue weighted by Gasteiger charge is -2.16. The summed E-state index contributed by atoms with van der Waals surface area (Å²) in [7, 11) is 0. The molecule has 0 radical (unpaired) electrons. The van der Waals surface area contributed by atoms with Crippen molar-refractivity contribution in [2.45, 2.75) is 20.0 Å². The Bertz CT molecular complexity index is 620. The summed E-state index contributed by atoms with van der Waals surface area (Å²) in [6, 6.07) is 12.2. The van der Waals surface area contributed by atoms with Crippen LogP contribution in [0.1, 0.15) is 28.5 Å². The second-order valence-corrected chi connectivity index (χ2v) is 4.87. The summed E-state index contributed by atoms with van der Waals surface area (Å²) >= 11 is 0. The van der Waals surface area contributed by atoms with E-state index in [1.807, 2.05) is 30.5 Å². The minimum atomic E-state index is 0.193. The quantitative estimate of drug-likeness (QED) is 0.877. The number of nitrogens with one attached hydrogen (secondary N) is 1. The monoisotopic (exact) mass is 300 g/mol. The van der Waals surface area contributed by atoms with Gasteiger partial charge < -0.3 is 14.6 Å². The molecule has 1 N–H and O–H groups in total. The Kier molecular flexibility index (Phi) is 5.91. The first-order valence-corrected chi connectivity index (χ1v) is 7.27. The Morgan fingerprint density at radius 1 is 1.23 bits per heavy atom. The molecular formula is C17H20N2O3. The average molecular weight is 300 g/mol. The molecule has 0 atom stereocenters. The summed E-state index contributed by atoms with van der Waals surface area (Å²) in [6.07, 6.45) is 2.00. The fourth-order valence-corrected chi connectivity index (χ4v) is 2.34. The lowest BCUT2D eigenvalue weighted by Crippen LogP contribution is -2.30. The molecule has 3 rings (SSSR count). The number of carbonyl (C=O) groups is 2. The normalized spacial score (nSPS) is 12.9. The van der Waals surface area contributed by atoms with Crippen LogP contribution in [0.5, 0.6) is 0 Å². The molecule has 0 fully saturated rings. The van der Waals surface area contributed by atoms with Gasteiger partial charge in [0.05, 0.1) is 13.2 Å². The van der Waals surface area contributed by atoms with E-state index in [9.17, 15) is 9.59 Å². The summed E-state index contributed by atoms with van der Waals surface area (Å²) in [4.78, 5) is 20.9. The number of nitrogens with zero attached hydrogens (tertiary/aromatic N) is 1. The van der Waals surface area contributed by atoms with Gasteiger partial charge >= 0.3 is 0 Å². The minimum Gasteiger partial charge on any atom is -0.468 e. The van der Waals surface area contributed by atoms with E-state index >= 15 is 0 Å². The van der Waals surface area contributed by atoms with Gasteiger partial charge in [0.25, 0.3) is 6.47 Å². The molecule has 0 saturated heterocycles. The zero-order valence-corrected chi connectivity index (χ0v) is 12.6. The van der Waals surface area contributed by atoms with Crippen LogP contribution in [0.4, 0.5) is 0 Å². The van der Waals surface area contributed by atoms with Gasteiger partial charge in [-0.1, -0.05) is 30.3 Å². The van der Waals surface area contributed by atoms with Crippen LogP contribution in [0.25, 0.3) is 0 Å². The summed E-state index contributed by atoms with van der Waals surface area (Å²) in [6.45, 7) is 4.73. The van der Waals surface area contributed by atoms with Gasteiger partial charge in [-0.05, 0) is 18.6 Å². The first-order valence-electron chi connectivity index (χ1n) is 7.27. The molecule has 22 heavy (non-hydrogen) atoms. The van der Waals surface area contributed by atoms with E-state index in [1.54, 1.807) is 6.92 Å². The Labute approximate surface area is 129 Å². The van der Waals surface area contributed by atoms with Crippen LogP contribution in [0, 0.1) is 0 Å². The predicted octanol–water partition coefficient (Wildman–Crippen LogP) is 2.00. The van der Waals surface area contributed by atoms with Crippen LogP contribution in [-0.2, 0) is 22.6 Å². The summed E-state index contributed by atoms with van der Waals surface area (Å²) in [5, 5.41) is 3.13. The lowest BCUT2D eigenvalue weighted by atomic mass is 10.1. The number of carbonyl (C=O) groups excluding carboxylic acids is 2. The molecule has 2 aromatic rings. The Morgan fingerprint density at radius 2 is 2.00 bits per heavy atom. The molecular weight excluding hydrogens is 280 g/mol. The van der Waals surface area contributed by atoms with Gasteiger partial charge in [0.15, 0.2) is 5.78 Å². The van der Waals surface area contributed by atoms with E-state index in [0.717, 1.165) is 24.3 Å². The third-order valence-corrected chi connectivity index (χ3v) is 3.39. The van der Waals surface area contributed by atoms with Crippen LogP contribution < -0.4 is 5.32 Å². The van der Waals surface area contributed by atoms with E-state index in [-0.39, 0.29) is 5.78 Å². The molecule has 5 nitrogen and oxygen atoms in total. The number of benzene rings is 1. The largest absolute Gasteiger partial charge is 0.468 e. The number of aromatic nitrogens is 1. The maximum atomic E-state index is 11.7. The van der Waals surface area contributed by atoms with Crippen LogP contribution >= 0.6 is 0 Å². The number of fused-ring (bicyclic) bond motifs is 1. The van der Waals surface area contributed by atoms with Crippen LogP contribution in [0.15, 0.2) is 42.6 Å². The van der Waals surface area contributed by atoms with E-state index in [4.69, 9.17) is 0 Å². The second-order valence-electron chi connectivity index (χ2n) is 4.87. The molecule has 5 heteroatoms. The molecule has 0 unspecified atom stereocenters. The van der Waals surface area contributed by atoms with Gasteiger partial charge in [-0.15, -0.1) is 0 Å². The zero-order chi connectivity index (χ0) is 15.8. The number of hydrogen-bond donors (Lipinski definition) is 1. The van der Waals surface area contributed by atoms with Crippen molar-refractivity contribution >= 4 is 12.3 Å². The van der Waals surface area contributed by atoms with Crippen molar-refractivity contribution < 1.29 is 14.3 Å². The zero-order valence-electron chi connectivity index (χ0n) is 12.6. The van der Waals surface area contributed by atoms with Crippen LogP contribution in [0.2, 0.25) is 0 Å². The Balaban J connectivity index is 0.000000309. The summed E-state index contributed by atoms with van der Waals surface area (Å²) < 4.78 is 6.30. The predicted molar refractivity (Wildman–Crippen MR) is 83.7 cm³/mol. The SMILES string of the molecule is CCOC=O.O=C1CNCc2c1ccn2Cc1ccccc1. The maximum Gasteiger partial charge on any atom is 0.293 e. The Hall–Kier alpha value is -2.40. The number of ketones is 1. The number of rotatable bonds is 4. The first kappa shape index (κ1) is 16.0. The number of Topliss-reactive ketones (excluding diaryl/α,β-unsaturated/α-hetero) is 1. The molecule has 1 aromatic heterocycles. The fourth-order valence-electron chi connectivity index (χ4n) is 2.34. The molecule has 1 aliphatic heterocycles. The van der Waals surface area contributed by atoms with Crippen molar-refractivity contribution in [2.24, 2.45) is 0 Å².